The quantitative estimate of drug-likeness (QED) is 0.756. The number of aromatic hydroxyl groups is 1. The van der Waals surface area contributed by atoms with Crippen LogP contribution in [0.3, 0.4) is 0 Å². The third-order valence-electron chi connectivity index (χ3n) is 3.66. The van der Waals surface area contributed by atoms with Crippen molar-refractivity contribution in [3.63, 3.8) is 0 Å². The smallest absolute Gasteiger partial charge is 0.119 e. The van der Waals surface area contributed by atoms with Crippen LogP contribution in [0.25, 0.3) is 0 Å². The Morgan fingerprint density at radius 3 is 2.45 bits per heavy atom. The van der Waals surface area contributed by atoms with Gasteiger partial charge in [-0.25, -0.2) is 0 Å². The zero-order chi connectivity index (χ0) is 14.7. The first-order valence-electron chi connectivity index (χ1n) is 6.77. The molecule has 0 radical (unpaired) electrons. The molecule has 0 bridgehead atoms. The molecule has 0 heterocycles. The first-order chi connectivity index (χ1) is 9.51. The fourth-order valence-electron chi connectivity index (χ4n) is 2.16. The van der Waals surface area contributed by atoms with Gasteiger partial charge in [-0.1, -0.05) is 55.2 Å². The van der Waals surface area contributed by atoms with Gasteiger partial charge in [-0.05, 0) is 47.2 Å². The molecule has 0 aromatic heterocycles. The van der Waals surface area contributed by atoms with E-state index in [1.165, 1.54) is 5.56 Å². The van der Waals surface area contributed by atoms with Gasteiger partial charge in [-0.2, -0.15) is 0 Å². The Morgan fingerprint density at radius 1 is 1.05 bits per heavy atom. The van der Waals surface area contributed by atoms with Crippen molar-refractivity contribution in [2.24, 2.45) is 0 Å². The van der Waals surface area contributed by atoms with E-state index in [-0.39, 0.29) is 0 Å². The molecule has 1 atom stereocenters. The van der Waals surface area contributed by atoms with E-state index in [4.69, 9.17) is 23.2 Å². The minimum Gasteiger partial charge on any atom is -0.508 e. The van der Waals surface area contributed by atoms with Gasteiger partial charge < -0.3 is 5.11 Å². The van der Waals surface area contributed by atoms with Gasteiger partial charge in [0.05, 0.1) is 10.0 Å². The first-order valence-corrected chi connectivity index (χ1v) is 7.52. The molecule has 0 amide bonds. The SMILES string of the molecule is CCC(C)c1ccc(O)c(Cc2ccc(Cl)c(Cl)c2)c1. The summed E-state index contributed by atoms with van der Waals surface area (Å²) >= 11 is 11.9. The van der Waals surface area contributed by atoms with E-state index in [0.29, 0.717) is 28.1 Å². The Balaban J connectivity index is 2.30. The van der Waals surface area contributed by atoms with Crippen LogP contribution in [0.2, 0.25) is 10.0 Å². The van der Waals surface area contributed by atoms with E-state index < -0.39 is 0 Å². The normalized spacial score (nSPS) is 12.4. The molecule has 0 saturated heterocycles. The van der Waals surface area contributed by atoms with Crippen LogP contribution in [-0.4, -0.2) is 5.11 Å². The van der Waals surface area contributed by atoms with Gasteiger partial charge in [0.25, 0.3) is 0 Å². The van der Waals surface area contributed by atoms with E-state index >= 15 is 0 Å². The number of phenolic OH excluding ortho intramolecular Hbond substituents is 1. The molecule has 0 spiro atoms. The third kappa shape index (κ3) is 3.47. The molecule has 3 heteroatoms. The van der Waals surface area contributed by atoms with Crippen LogP contribution in [0.1, 0.15) is 42.9 Å². The molecule has 106 valence electrons. The Labute approximate surface area is 130 Å². The van der Waals surface area contributed by atoms with Crippen molar-refractivity contribution in [1.29, 1.82) is 0 Å². The molecule has 2 aromatic carbocycles. The van der Waals surface area contributed by atoms with Gasteiger partial charge in [0, 0.05) is 6.42 Å². The summed E-state index contributed by atoms with van der Waals surface area (Å²) in [5, 5.41) is 11.1. The molecular weight excluding hydrogens is 291 g/mol. The highest BCUT2D eigenvalue weighted by atomic mass is 35.5. The summed E-state index contributed by atoms with van der Waals surface area (Å²) < 4.78 is 0. The molecule has 0 aliphatic rings. The zero-order valence-corrected chi connectivity index (χ0v) is 13.2. The fraction of sp³-hybridized carbons (Fsp3) is 0.294. The topological polar surface area (TPSA) is 20.2 Å². The molecule has 2 rings (SSSR count). The summed E-state index contributed by atoms with van der Waals surface area (Å²) in [6, 6.07) is 11.4. The largest absolute Gasteiger partial charge is 0.508 e. The lowest BCUT2D eigenvalue weighted by atomic mass is 9.94. The summed E-state index contributed by atoms with van der Waals surface area (Å²) in [5.74, 6) is 0.811. The predicted molar refractivity (Wildman–Crippen MR) is 86.1 cm³/mol. The molecule has 0 saturated carbocycles. The second-order valence-electron chi connectivity index (χ2n) is 5.12. The molecule has 1 nitrogen and oxygen atoms in total. The highest BCUT2D eigenvalue weighted by Gasteiger charge is 2.09. The lowest BCUT2D eigenvalue weighted by Gasteiger charge is -2.12. The zero-order valence-electron chi connectivity index (χ0n) is 11.7. The van der Waals surface area contributed by atoms with Crippen molar-refractivity contribution in [2.75, 3.05) is 0 Å². The second kappa shape index (κ2) is 6.51. The van der Waals surface area contributed by atoms with Crippen LogP contribution in [0.5, 0.6) is 5.75 Å². The Hall–Kier alpha value is -1.18. The average Bonchev–Trinajstić information content (AvgIpc) is 2.44. The van der Waals surface area contributed by atoms with Crippen molar-refractivity contribution in [1.82, 2.24) is 0 Å². The third-order valence-corrected chi connectivity index (χ3v) is 4.40. The maximum absolute atomic E-state index is 10.0. The van der Waals surface area contributed by atoms with E-state index in [2.05, 4.69) is 19.9 Å². The maximum atomic E-state index is 10.0. The summed E-state index contributed by atoms with van der Waals surface area (Å²) in [4.78, 5) is 0. The van der Waals surface area contributed by atoms with E-state index in [1.54, 1.807) is 12.1 Å². The van der Waals surface area contributed by atoms with E-state index in [1.807, 2.05) is 18.2 Å². The monoisotopic (exact) mass is 308 g/mol. The van der Waals surface area contributed by atoms with Gasteiger partial charge in [0.2, 0.25) is 0 Å². The van der Waals surface area contributed by atoms with Gasteiger partial charge in [0.15, 0.2) is 0 Å². The van der Waals surface area contributed by atoms with Crippen LogP contribution >= 0.6 is 23.2 Å². The maximum Gasteiger partial charge on any atom is 0.119 e. The summed E-state index contributed by atoms with van der Waals surface area (Å²) in [7, 11) is 0. The minimum absolute atomic E-state index is 0.322. The summed E-state index contributed by atoms with van der Waals surface area (Å²) in [6.07, 6.45) is 1.73. The van der Waals surface area contributed by atoms with Gasteiger partial charge in [-0.15, -0.1) is 0 Å². The van der Waals surface area contributed by atoms with Crippen molar-refractivity contribution in [2.45, 2.75) is 32.6 Å². The van der Waals surface area contributed by atoms with Crippen LogP contribution < -0.4 is 0 Å². The Kier molecular flexibility index (Phi) is 4.95. The van der Waals surface area contributed by atoms with Gasteiger partial charge in [-0.3, -0.25) is 0 Å². The molecule has 20 heavy (non-hydrogen) atoms. The van der Waals surface area contributed by atoms with Crippen molar-refractivity contribution in [3.05, 3.63) is 63.1 Å². The van der Waals surface area contributed by atoms with Gasteiger partial charge in [0.1, 0.15) is 5.75 Å². The fourth-order valence-corrected chi connectivity index (χ4v) is 2.48. The molecular formula is C17H18Cl2O. The van der Waals surface area contributed by atoms with Crippen molar-refractivity contribution >= 4 is 23.2 Å². The second-order valence-corrected chi connectivity index (χ2v) is 5.94. The van der Waals surface area contributed by atoms with E-state index in [0.717, 1.165) is 17.5 Å². The van der Waals surface area contributed by atoms with Crippen LogP contribution in [0.4, 0.5) is 0 Å². The Morgan fingerprint density at radius 2 is 1.80 bits per heavy atom. The standard InChI is InChI=1S/C17H18Cl2O/c1-3-11(2)13-5-7-17(20)14(10-13)8-12-4-6-15(18)16(19)9-12/h4-7,9-11,20H,3,8H2,1-2H3. The number of benzene rings is 2. The highest BCUT2D eigenvalue weighted by molar-refractivity contribution is 6.42. The molecule has 0 aliphatic carbocycles. The number of rotatable bonds is 4. The van der Waals surface area contributed by atoms with Crippen LogP contribution in [0, 0.1) is 0 Å². The predicted octanol–water partition coefficient (Wildman–Crippen LogP) is 5.80. The molecule has 1 N–H and O–H groups in total. The summed E-state index contributed by atoms with van der Waals surface area (Å²) in [5.41, 5.74) is 3.21. The first kappa shape index (κ1) is 15.2. The highest BCUT2D eigenvalue weighted by Crippen LogP contribution is 2.29. The van der Waals surface area contributed by atoms with Gasteiger partial charge >= 0.3 is 0 Å². The van der Waals surface area contributed by atoms with E-state index in [9.17, 15) is 5.11 Å². The number of hydrogen-bond donors (Lipinski definition) is 1. The number of halogens is 2. The Bertz CT molecular complexity index is 608. The molecule has 1 unspecified atom stereocenters. The lowest BCUT2D eigenvalue weighted by molar-refractivity contribution is 0.469. The van der Waals surface area contributed by atoms with Crippen LogP contribution in [-0.2, 0) is 6.42 Å². The molecule has 2 aromatic rings. The van der Waals surface area contributed by atoms with Crippen molar-refractivity contribution in [3.8, 4) is 5.75 Å². The van der Waals surface area contributed by atoms with Crippen molar-refractivity contribution < 1.29 is 5.11 Å². The lowest BCUT2D eigenvalue weighted by Crippen LogP contribution is -1.95. The molecule has 0 fully saturated rings. The summed E-state index contributed by atoms with van der Waals surface area (Å²) in [6.45, 7) is 4.35. The molecule has 0 aliphatic heterocycles. The average molecular weight is 309 g/mol. The number of phenols is 1. The van der Waals surface area contributed by atoms with Crippen LogP contribution in [0.15, 0.2) is 36.4 Å². The minimum atomic E-state index is 0.322. The number of hydrogen-bond acceptors (Lipinski definition) is 1.